The molecule has 0 aromatic heterocycles. The van der Waals surface area contributed by atoms with Crippen LogP contribution in [0.15, 0.2) is 0 Å². The van der Waals surface area contributed by atoms with Crippen LogP contribution in [0.1, 0.15) is 46.0 Å². The highest BCUT2D eigenvalue weighted by molar-refractivity contribution is 5.83. The molecule has 0 amide bonds. The van der Waals surface area contributed by atoms with Crippen molar-refractivity contribution >= 4 is 5.78 Å². The van der Waals surface area contributed by atoms with Gasteiger partial charge in [-0.1, -0.05) is 13.8 Å². The van der Waals surface area contributed by atoms with Gasteiger partial charge in [-0.3, -0.25) is 14.9 Å². The quantitative estimate of drug-likeness (QED) is 0.558. The van der Waals surface area contributed by atoms with E-state index in [0.717, 1.165) is 6.42 Å². The lowest BCUT2D eigenvalue weighted by Gasteiger charge is -2.48. The van der Waals surface area contributed by atoms with E-state index < -0.39 is 22.5 Å². The number of carbonyl (C=O) groups excluding carboxylic acids is 1. The standard InChI is InChI=1S/C12H19NO4/c1-11(2)5-6-12(15)8(7-11)9(14)3-4-10(12)13(16)17/h8,10,15H,3-7H2,1-2H3/t8-,10+,12-/m1/s1. The second kappa shape index (κ2) is 3.77. The number of hydrogen-bond acceptors (Lipinski definition) is 4. The molecule has 0 saturated heterocycles. The summed E-state index contributed by atoms with van der Waals surface area (Å²) < 4.78 is 0. The van der Waals surface area contributed by atoms with Crippen molar-refractivity contribution < 1.29 is 14.8 Å². The van der Waals surface area contributed by atoms with E-state index in [0.29, 0.717) is 12.8 Å². The van der Waals surface area contributed by atoms with Crippen LogP contribution in [0.3, 0.4) is 0 Å². The van der Waals surface area contributed by atoms with Crippen LogP contribution in [0.2, 0.25) is 0 Å². The number of carbonyl (C=O) groups is 1. The highest BCUT2D eigenvalue weighted by Gasteiger charge is 2.59. The van der Waals surface area contributed by atoms with Crippen LogP contribution in [0.4, 0.5) is 0 Å². The summed E-state index contributed by atoms with van der Waals surface area (Å²) in [4.78, 5) is 22.5. The Morgan fingerprint density at radius 1 is 1.41 bits per heavy atom. The zero-order valence-corrected chi connectivity index (χ0v) is 10.3. The third kappa shape index (κ3) is 1.97. The van der Waals surface area contributed by atoms with E-state index in [1.807, 2.05) is 0 Å². The Kier molecular flexibility index (Phi) is 2.77. The van der Waals surface area contributed by atoms with Crippen molar-refractivity contribution in [1.29, 1.82) is 0 Å². The Labute approximate surface area is 100 Å². The molecule has 2 aliphatic rings. The molecule has 0 heterocycles. The number of Topliss-reactive ketones (excluding diaryl/α,β-unsaturated/α-hetero) is 1. The van der Waals surface area contributed by atoms with Gasteiger partial charge in [0.25, 0.3) is 0 Å². The Morgan fingerprint density at radius 2 is 2.06 bits per heavy atom. The van der Waals surface area contributed by atoms with Gasteiger partial charge in [0.1, 0.15) is 11.4 Å². The maximum absolute atomic E-state index is 11.9. The van der Waals surface area contributed by atoms with Gasteiger partial charge >= 0.3 is 0 Å². The van der Waals surface area contributed by atoms with E-state index in [1.165, 1.54) is 0 Å². The van der Waals surface area contributed by atoms with Crippen molar-refractivity contribution in [3.05, 3.63) is 10.1 Å². The average molecular weight is 241 g/mol. The fourth-order valence-electron chi connectivity index (χ4n) is 3.33. The fourth-order valence-corrected chi connectivity index (χ4v) is 3.33. The Bertz CT molecular complexity index is 366. The minimum absolute atomic E-state index is 0.00150. The van der Waals surface area contributed by atoms with Crippen LogP contribution in [0.5, 0.6) is 0 Å². The van der Waals surface area contributed by atoms with E-state index in [4.69, 9.17) is 0 Å². The van der Waals surface area contributed by atoms with Crippen molar-refractivity contribution in [3.8, 4) is 0 Å². The molecule has 2 fully saturated rings. The molecular formula is C12H19NO4. The van der Waals surface area contributed by atoms with E-state index in [9.17, 15) is 20.0 Å². The van der Waals surface area contributed by atoms with E-state index in [-0.39, 0.29) is 24.0 Å². The zero-order valence-electron chi connectivity index (χ0n) is 10.3. The lowest BCUT2D eigenvalue weighted by molar-refractivity contribution is -0.552. The minimum Gasteiger partial charge on any atom is -0.382 e. The lowest BCUT2D eigenvalue weighted by atomic mass is 9.58. The maximum Gasteiger partial charge on any atom is 0.242 e. The van der Waals surface area contributed by atoms with Gasteiger partial charge in [-0.25, -0.2) is 0 Å². The van der Waals surface area contributed by atoms with Gasteiger partial charge in [-0.15, -0.1) is 0 Å². The van der Waals surface area contributed by atoms with Gasteiger partial charge in [-0.2, -0.15) is 0 Å². The molecule has 17 heavy (non-hydrogen) atoms. The molecule has 0 aromatic rings. The molecule has 96 valence electrons. The molecule has 0 radical (unpaired) electrons. The predicted molar refractivity (Wildman–Crippen MR) is 61.1 cm³/mol. The van der Waals surface area contributed by atoms with Gasteiger partial charge in [0.05, 0.1) is 5.92 Å². The summed E-state index contributed by atoms with van der Waals surface area (Å²) in [5, 5.41) is 21.6. The molecule has 5 nitrogen and oxygen atoms in total. The summed E-state index contributed by atoms with van der Waals surface area (Å²) in [5.41, 5.74) is -1.42. The van der Waals surface area contributed by atoms with Crippen LogP contribution < -0.4 is 0 Å². The maximum atomic E-state index is 11.9. The highest BCUT2D eigenvalue weighted by atomic mass is 16.6. The van der Waals surface area contributed by atoms with Crippen LogP contribution >= 0.6 is 0 Å². The summed E-state index contributed by atoms with van der Waals surface area (Å²) in [6.45, 7) is 4.10. The molecule has 1 N–H and O–H groups in total. The SMILES string of the molecule is CC1(C)CC[C@@]2(O)[C@H](C1)C(=O)CC[C@@H]2[N+](=O)[O-]. The smallest absolute Gasteiger partial charge is 0.242 e. The van der Waals surface area contributed by atoms with E-state index in [1.54, 1.807) is 0 Å². The Balaban J connectivity index is 2.32. The molecule has 2 aliphatic carbocycles. The van der Waals surface area contributed by atoms with Crippen molar-refractivity contribution in [2.45, 2.75) is 57.6 Å². The van der Waals surface area contributed by atoms with Gasteiger partial charge in [0.15, 0.2) is 0 Å². The van der Waals surface area contributed by atoms with Gasteiger partial charge in [-0.05, 0) is 24.7 Å². The fraction of sp³-hybridized carbons (Fsp3) is 0.917. The Morgan fingerprint density at radius 3 is 2.65 bits per heavy atom. The molecule has 0 aliphatic heterocycles. The third-order valence-electron chi connectivity index (χ3n) is 4.45. The predicted octanol–water partition coefficient (Wildman–Crippen LogP) is 1.55. The average Bonchev–Trinajstić information content (AvgIpc) is 2.20. The second-order valence-electron chi connectivity index (χ2n) is 6.22. The largest absolute Gasteiger partial charge is 0.382 e. The number of nitrogens with zero attached hydrogens (tertiary/aromatic N) is 1. The minimum atomic E-state index is -1.41. The summed E-state index contributed by atoms with van der Waals surface area (Å²) in [6.07, 6.45) is 2.07. The third-order valence-corrected chi connectivity index (χ3v) is 4.45. The topological polar surface area (TPSA) is 80.4 Å². The first-order valence-corrected chi connectivity index (χ1v) is 6.15. The summed E-state index contributed by atoms with van der Waals surface area (Å²) >= 11 is 0. The van der Waals surface area contributed by atoms with Crippen molar-refractivity contribution in [2.75, 3.05) is 0 Å². The number of fused-ring (bicyclic) bond motifs is 1. The van der Waals surface area contributed by atoms with Gasteiger partial charge in [0, 0.05) is 17.8 Å². The molecule has 3 atom stereocenters. The molecule has 0 aromatic carbocycles. The summed E-state index contributed by atoms with van der Waals surface area (Å²) in [7, 11) is 0. The first-order chi connectivity index (χ1) is 7.76. The molecule has 0 unspecified atom stereocenters. The number of aliphatic hydroxyl groups is 1. The number of ketones is 1. The van der Waals surface area contributed by atoms with Crippen LogP contribution in [0, 0.1) is 21.4 Å². The first-order valence-electron chi connectivity index (χ1n) is 6.15. The van der Waals surface area contributed by atoms with Gasteiger partial charge in [0.2, 0.25) is 6.04 Å². The van der Waals surface area contributed by atoms with E-state index in [2.05, 4.69) is 13.8 Å². The van der Waals surface area contributed by atoms with E-state index >= 15 is 0 Å². The zero-order chi connectivity index (χ0) is 12.8. The normalized spacial score (nSPS) is 40.8. The molecular weight excluding hydrogens is 222 g/mol. The van der Waals surface area contributed by atoms with Crippen molar-refractivity contribution in [1.82, 2.24) is 0 Å². The highest BCUT2D eigenvalue weighted by Crippen LogP contribution is 2.49. The van der Waals surface area contributed by atoms with Crippen LogP contribution in [0.25, 0.3) is 0 Å². The van der Waals surface area contributed by atoms with Crippen molar-refractivity contribution in [3.63, 3.8) is 0 Å². The van der Waals surface area contributed by atoms with Gasteiger partial charge < -0.3 is 5.11 Å². The molecule has 2 rings (SSSR count). The monoisotopic (exact) mass is 241 g/mol. The second-order valence-corrected chi connectivity index (χ2v) is 6.22. The van der Waals surface area contributed by atoms with Crippen molar-refractivity contribution in [2.24, 2.45) is 11.3 Å². The molecule has 5 heteroatoms. The molecule has 0 bridgehead atoms. The lowest BCUT2D eigenvalue weighted by Crippen LogP contribution is -2.61. The Hall–Kier alpha value is -0.970. The van der Waals surface area contributed by atoms with Crippen LogP contribution in [-0.4, -0.2) is 27.5 Å². The van der Waals surface area contributed by atoms with Crippen LogP contribution in [-0.2, 0) is 4.79 Å². The summed E-state index contributed by atoms with van der Waals surface area (Å²) in [5.74, 6) is -0.547. The number of hydrogen-bond donors (Lipinski definition) is 1. The molecule has 2 saturated carbocycles. The number of rotatable bonds is 1. The molecule has 0 spiro atoms. The number of nitro groups is 1. The summed E-state index contributed by atoms with van der Waals surface area (Å²) in [6, 6.07) is -0.971. The first kappa shape index (κ1) is 12.5.